The maximum absolute atomic E-state index is 10.8. The Balaban J connectivity index is 0.000000118. The van der Waals surface area contributed by atoms with Crippen LogP contribution in [0.15, 0.2) is 0 Å². The van der Waals surface area contributed by atoms with Gasteiger partial charge in [0.2, 0.25) is 28.9 Å². The van der Waals surface area contributed by atoms with Crippen molar-refractivity contribution >= 4 is 46.4 Å². The van der Waals surface area contributed by atoms with E-state index in [1.807, 2.05) is 0 Å². The Morgan fingerprint density at radius 2 is 0.729 bits per heavy atom. The Morgan fingerprint density at radius 3 is 0.864 bits per heavy atom. The van der Waals surface area contributed by atoms with Crippen LogP contribution >= 0.6 is 11.6 Å². The topological polar surface area (TPSA) is 272 Å². The smallest absolute Gasteiger partial charge is 0.303 e. The van der Waals surface area contributed by atoms with E-state index >= 15 is 0 Å². The number of carbonyl (C=O) groups is 6. The van der Waals surface area contributed by atoms with E-state index in [0.29, 0.717) is 5.54 Å². The summed E-state index contributed by atoms with van der Waals surface area (Å²) in [5.41, 5.74) is 10.7. The molecule has 0 unspecified atom stereocenters. The van der Waals surface area contributed by atoms with Gasteiger partial charge in [-0.1, -0.05) is 0 Å². The molecule has 0 aromatic heterocycles. The zero-order valence-electron chi connectivity index (χ0n) is 35.6. The number of ether oxygens (including phenoxy) is 1. The normalized spacial score (nSPS) is 46.8. The number of amides is 4. The minimum atomic E-state index is -0.400. The maximum atomic E-state index is 10.8. The van der Waals surface area contributed by atoms with Gasteiger partial charge in [0, 0.05) is 88.5 Å². The lowest BCUT2D eigenvalue weighted by molar-refractivity contribution is -0.241. The first-order valence-electron chi connectivity index (χ1n) is 21.1. The maximum Gasteiger partial charge on any atom is 0.303 e. The van der Waals surface area contributed by atoms with Crippen molar-refractivity contribution in [2.45, 2.75) is 213 Å². The number of carbonyl (C=O) groups excluding carboxylic acids is 6. The van der Waals surface area contributed by atoms with Gasteiger partial charge in [0.1, 0.15) is 5.60 Å². The van der Waals surface area contributed by atoms with E-state index in [2.05, 4.69) is 32.9 Å². The van der Waals surface area contributed by atoms with Gasteiger partial charge in [-0.05, 0) is 120 Å². The molecular weight excluding hydrogens is 784 g/mol. The molecule has 16 nitrogen and oxygen atoms in total. The molecule has 0 aromatic carbocycles. The number of hydrogen-bond donors (Lipinski definition) is 9. The van der Waals surface area contributed by atoms with Gasteiger partial charge in [-0.15, -0.1) is 0 Å². The predicted octanol–water partition coefficient (Wildman–Crippen LogP) is 1.50. The second-order valence-corrected chi connectivity index (χ2v) is 22.1. The minimum Gasteiger partial charge on any atom is -0.459 e. The van der Waals surface area contributed by atoms with Crippen LogP contribution in [0.1, 0.15) is 157 Å². The van der Waals surface area contributed by atoms with E-state index < -0.39 is 11.2 Å². The van der Waals surface area contributed by atoms with Crippen LogP contribution in [0.2, 0.25) is 0 Å². The lowest BCUT2D eigenvalue weighted by Gasteiger charge is -2.68. The number of halogens is 1. The molecule has 18 fully saturated rings. The van der Waals surface area contributed by atoms with E-state index in [4.69, 9.17) is 21.3 Å². The minimum absolute atomic E-state index is 0.000579. The quantitative estimate of drug-likeness (QED) is 0.141. The molecule has 0 heterocycles. The van der Waals surface area contributed by atoms with Crippen molar-refractivity contribution < 1.29 is 48.8 Å². The molecule has 18 saturated carbocycles. The van der Waals surface area contributed by atoms with E-state index in [1.165, 1.54) is 73.1 Å². The molecule has 0 aromatic rings. The summed E-state index contributed by atoms with van der Waals surface area (Å²) in [6.07, 6.45) is 17.2. The molecule has 0 spiro atoms. The largest absolute Gasteiger partial charge is 0.459 e. The summed E-state index contributed by atoms with van der Waals surface area (Å²) >= 11 is 4.64. The first kappa shape index (κ1) is 45.6. The van der Waals surface area contributed by atoms with Gasteiger partial charge in [0.05, 0.1) is 22.3 Å². The Kier molecular flexibility index (Phi) is 11.5. The third kappa shape index (κ3) is 10.1. The second-order valence-electron chi connectivity index (χ2n) is 21.6. The molecule has 332 valence electrons. The van der Waals surface area contributed by atoms with Gasteiger partial charge in [-0.3, -0.25) is 28.8 Å². The molecule has 0 aliphatic heterocycles. The van der Waals surface area contributed by atoms with Crippen molar-refractivity contribution in [1.82, 2.24) is 21.3 Å². The van der Waals surface area contributed by atoms with Crippen molar-refractivity contribution in [3.63, 3.8) is 0 Å². The zero-order valence-corrected chi connectivity index (χ0v) is 36.4. The van der Waals surface area contributed by atoms with Crippen LogP contribution in [0.4, 0.5) is 0 Å². The lowest BCUT2D eigenvalue weighted by Crippen LogP contribution is -2.79. The summed E-state index contributed by atoms with van der Waals surface area (Å²) in [6, 6.07) is 0. The second kappa shape index (κ2) is 14.9. The van der Waals surface area contributed by atoms with Crippen LogP contribution < -0.4 is 32.7 Å². The highest BCUT2D eigenvalue weighted by molar-refractivity contribution is 6.62. The van der Waals surface area contributed by atoms with Gasteiger partial charge in [0.25, 0.3) is 0 Å². The van der Waals surface area contributed by atoms with Crippen LogP contribution in [0.5, 0.6) is 0 Å². The van der Waals surface area contributed by atoms with E-state index in [9.17, 15) is 39.0 Å². The fourth-order valence-corrected chi connectivity index (χ4v) is 12.5. The summed E-state index contributed by atoms with van der Waals surface area (Å²) in [7, 11) is 0. The van der Waals surface area contributed by atoms with E-state index in [-0.39, 0.29) is 73.7 Å². The first-order chi connectivity index (χ1) is 26.9. The molecule has 0 atom stereocenters. The molecule has 17 heteroatoms. The average molecular weight is 851 g/mol. The first-order valence-corrected chi connectivity index (χ1v) is 21.5. The molecule has 11 N–H and O–H groups in total. The Hall–Kier alpha value is -2.89. The van der Waals surface area contributed by atoms with Crippen LogP contribution in [0, 0.1) is 11.8 Å². The monoisotopic (exact) mass is 850 g/mol. The highest BCUT2D eigenvalue weighted by atomic mass is 35.5. The van der Waals surface area contributed by atoms with Crippen molar-refractivity contribution in [3.8, 4) is 0 Å². The summed E-state index contributed by atoms with van der Waals surface area (Å²) in [5.74, 6) is 1.94. The third-order valence-electron chi connectivity index (χ3n) is 14.3. The van der Waals surface area contributed by atoms with Crippen LogP contribution in [-0.2, 0) is 33.5 Å². The summed E-state index contributed by atoms with van der Waals surface area (Å²) < 4.78 is 5.16. The number of nitrogens with two attached hydrogens (primary N) is 2. The van der Waals surface area contributed by atoms with Gasteiger partial charge in [0.15, 0.2) is 0 Å². The molecular formula is C42H67ClN6O10. The molecule has 18 aliphatic rings. The molecule has 4 amide bonds. The van der Waals surface area contributed by atoms with Gasteiger partial charge >= 0.3 is 5.97 Å². The van der Waals surface area contributed by atoms with Gasteiger partial charge in [-0.2, -0.15) is 0 Å². The molecule has 12 bridgehead atoms. The van der Waals surface area contributed by atoms with Crippen molar-refractivity contribution in [1.29, 1.82) is 0 Å². The van der Waals surface area contributed by atoms with Crippen LogP contribution in [-0.4, -0.2) is 106 Å². The number of aliphatic hydroxyl groups is 3. The van der Waals surface area contributed by atoms with E-state index in [0.717, 1.165) is 88.9 Å². The summed E-state index contributed by atoms with van der Waals surface area (Å²) in [5, 5.41) is 38.9. The Morgan fingerprint density at radius 1 is 0.475 bits per heavy atom. The van der Waals surface area contributed by atoms with Crippen LogP contribution in [0.3, 0.4) is 0 Å². The highest BCUT2D eigenvalue weighted by Gasteiger charge is 2.71. The molecule has 0 radical (unpaired) electrons. The lowest BCUT2D eigenvalue weighted by atomic mass is 9.46. The van der Waals surface area contributed by atoms with Crippen LogP contribution in [0.25, 0.3) is 0 Å². The standard InChI is InChI=1S/C9H13NO3.2C7H11NO2.C7H11NO.C5H9NO.C5H9N.C2H3ClO/c1-6(11)10-8-3-9(4-8,5-8)13-7(2)12;2*1-5(9)8-6-2-7(10,3-6)4-6;1-5(9)8-7-2-6(3-7)4-7;6-4-1-5(7,2-4)3-4;6-5-1-4(2-5)3-5;1-2(3)4/h3-5H2,1-2H3,(H,10,11);2*10H,2-4H2,1H3,(H,8,9);6H,2-4H2,1H3,(H,8,9);7H,1-3,6H2;4H,1-3,6H2;1H3. The molecule has 18 aliphatic carbocycles. The van der Waals surface area contributed by atoms with Gasteiger partial charge < -0.3 is 52.8 Å². The Bertz CT molecular complexity index is 1570. The van der Waals surface area contributed by atoms with Crippen molar-refractivity contribution in [3.05, 3.63) is 0 Å². The van der Waals surface area contributed by atoms with Gasteiger partial charge in [-0.25, -0.2) is 0 Å². The Labute approximate surface area is 351 Å². The number of esters is 1. The molecule has 59 heavy (non-hydrogen) atoms. The number of nitrogens with one attached hydrogen (secondary N) is 4. The summed E-state index contributed by atoms with van der Waals surface area (Å²) in [6.45, 7) is 8.86. The third-order valence-corrected chi connectivity index (χ3v) is 14.3. The number of hydrogen-bond acceptors (Lipinski definition) is 12. The number of rotatable bonds is 5. The zero-order chi connectivity index (χ0) is 43.9. The fourth-order valence-electron chi connectivity index (χ4n) is 12.5. The van der Waals surface area contributed by atoms with Crippen molar-refractivity contribution in [2.75, 3.05) is 0 Å². The predicted molar refractivity (Wildman–Crippen MR) is 216 cm³/mol. The molecule has 0 saturated heterocycles. The highest BCUT2D eigenvalue weighted by Crippen LogP contribution is 2.63. The fraction of sp³-hybridized carbons (Fsp3) is 0.857. The molecule has 18 rings (SSSR count). The SMILES string of the molecule is CC(=O)Cl.CC(=O)NC12CC(C1)C2.CC(=O)NC12CC(O)(C1)C2.CC(=O)NC12CC(O)(C1)C2.CC(=O)NC12CC(OC(C)=O)(C1)C2.NC12CC(C1)C2.NC12CC(O)(C1)C2. The summed E-state index contributed by atoms with van der Waals surface area (Å²) in [4.78, 5) is 62.4. The van der Waals surface area contributed by atoms with Crippen molar-refractivity contribution in [2.24, 2.45) is 23.3 Å². The van der Waals surface area contributed by atoms with E-state index in [1.54, 1.807) is 6.92 Å². The average Bonchev–Trinajstić information content (AvgIpc) is 2.87.